The predicted octanol–water partition coefficient (Wildman–Crippen LogP) is 5.63. The second-order valence-corrected chi connectivity index (χ2v) is 9.08. The molecule has 7 nitrogen and oxygen atoms in total. The third-order valence-electron chi connectivity index (χ3n) is 5.99. The van der Waals surface area contributed by atoms with Crippen molar-refractivity contribution in [3.63, 3.8) is 0 Å². The number of rotatable bonds is 10. The first kappa shape index (κ1) is 25.3. The van der Waals surface area contributed by atoms with E-state index >= 15 is 4.39 Å². The first-order valence-corrected chi connectivity index (χ1v) is 12.4. The zero-order chi connectivity index (χ0) is 25.7. The Kier molecular flexibility index (Phi) is 7.93. The number of nitrogens with zero attached hydrogens (tertiary/aromatic N) is 3. The van der Waals surface area contributed by atoms with E-state index in [1.54, 1.807) is 24.3 Å². The second kappa shape index (κ2) is 11.3. The van der Waals surface area contributed by atoms with Crippen LogP contribution in [0.5, 0.6) is 11.5 Å². The van der Waals surface area contributed by atoms with Gasteiger partial charge in [-0.1, -0.05) is 6.07 Å². The molecule has 1 aromatic heterocycles. The Balaban J connectivity index is 1.79. The topological polar surface area (TPSA) is 87.7 Å². The molecule has 3 aromatic rings. The number of pyridine rings is 1. The van der Waals surface area contributed by atoms with E-state index in [0.29, 0.717) is 30.2 Å². The van der Waals surface area contributed by atoms with Gasteiger partial charge in [-0.3, -0.25) is 5.41 Å². The normalized spacial score (nSPS) is 13.2. The highest BCUT2D eigenvalue weighted by atomic mass is 19.1. The fourth-order valence-corrected chi connectivity index (χ4v) is 4.32. The summed E-state index contributed by atoms with van der Waals surface area (Å²) in [4.78, 5) is 9.03. The van der Waals surface area contributed by atoms with Crippen LogP contribution in [0.2, 0.25) is 0 Å². The summed E-state index contributed by atoms with van der Waals surface area (Å²) in [6.45, 7) is 8.36. The number of amidine groups is 1. The van der Waals surface area contributed by atoms with Gasteiger partial charge in [0.25, 0.3) is 0 Å². The molecule has 0 aliphatic carbocycles. The van der Waals surface area contributed by atoms with Gasteiger partial charge in [-0.15, -0.1) is 0 Å². The van der Waals surface area contributed by atoms with Crippen LogP contribution < -0.4 is 25.0 Å². The minimum Gasteiger partial charge on any atom is -0.494 e. The van der Waals surface area contributed by atoms with Crippen molar-refractivity contribution in [2.24, 2.45) is 5.73 Å². The predicted molar refractivity (Wildman–Crippen MR) is 142 cm³/mol. The van der Waals surface area contributed by atoms with Crippen molar-refractivity contribution in [3.05, 3.63) is 71.7 Å². The van der Waals surface area contributed by atoms with Gasteiger partial charge in [-0.25, -0.2) is 9.37 Å². The molecule has 0 bridgehead atoms. The van der Waals surface area contributed by atoms with Crippen molar-refractivity contribution >= 4 is 23.0 Å². The van der Waals surface area contributed by atoms with Crippen molar-refractivity contribution in [3.8, 4) is 11.5 Å². The number of nitrogens with one attached hydrogen (secondary N) is 1. The maximum absolute atomic E-state index is 15.9. The number of halogens is 1. The van der Waals surface area contributed by atoms with Crippen LogP contribution in [-0.2, 0) is 6.54 Å². The van der Waals surface area contributed by atoms with E-state index < -0.39 is 5.82 Å². The Labute approximate surface area is 212 Å². The van der Waals surface area contributed by atoms with Crippen LogP contribution in [0, 0.1) is 11.2 Å². The van der Waals surface area contributed by atoms with Gasteiger partial charge in [0.15, 0.2) is 11.6 Å². The summed E-state index contributed by atoms with van der Waals surface area (Å²) in [6.07, 6.45) is 2.12. The Morgan fingerprint density at radius 2 is 1.86 bits per heavy atom. The highest BCUT2D eigenvalue weighted by molar-refractivity contribution is 5.95. The molecule has 3 N–H and O–H groups in total. The Morgan fingerprint density at radius 1 is 1.14 bits per heavy atom. The molecule has 1 aliphatic heterocycles. The molecule has 1 saturated heterocycles. The van der Waals surface area contributed by atoms with Gasteiger partial charge in [0.1, 0.15) is 17.4 Å². The van der Waals surface area contributed by atoms with Crippen LogP contribution in [-0.4, -0.2) is 36.6 Å². The summed E-state index contributed by atoms with van der Waals surface area (Å²) in [7, 11) is 0. The quantitative estimate of drug-likeness (QED) is 0.282. The molecule has 0 saturated carbocycles. The lowest BCUT2D eigenvalue weighted by Crippen LogP contribution is -2.22. The van der Waals surface area contributed by atoms with Crippen LogP contribution >= 0.6 is 0 Å². The molecular formula is C28H34FN5O2. The standard InChI is InChI=1S/C28H34FN5O2/c1-4-35-23-16-24(27(29)25(17-23)36-19(2)3)34(22-12-10-20(11-13-22)28(30)31)18-21-8-7-9-26(32-21)33-14-5-6-15-33/h7-13,16-17,19H,4-6,14-15,18H2,1-3H3,(H3,30,31). The summed E-state index contributed by atoms with van der Waals surface area (Å²) < 4.78 is 27.5. The van der Waals surface area contributed by atoms with Gasteiger partial charge in [-0.2, -0.15) is 0 Å². The summed E-state index contributed by atoms with van der Waals surface area (Å²) in [5, 5.41) is 7.72. The number of nitrogens with two attached hydrogens (primary N) is 1. The molecule has 4 rings (SSSR count). The van der Waals surface area contributed by atoms with Crippen molar-refractivity contribution in [1.82, 2.24) is 4.98 Å². The van der Waals surface area contributed by atoms with Gasteiger partial charge in [-0.05, 0) is 70.0 Å². The summed E-state index contributed by atoms with van der Waals surface area (Å²) >= 11 is 0. The molecule has 0 spiro atoms. The van der Waals surface area contributed by atoms with Crippen LogP contribution in [0.3, 0.4) is 0 Å². The maximum Gasteiger partial charge on any atom is 0.188 e. The number of aromatic nitrogens is 1. The summed E-state index contributed by atoms with van der Waals surface area (Å²) in [6, 6.07) is 16.4. The maximum atomic E-state index is 15.9. The zero-order valence-corrected chi connectivity index (χ0v) is 21.1. The Bertz CT molecular complexity index is 1190. The van der Waals surface area contributed by atoms with Gasteiger partial charge in [0.05, 0.1) is 30.6 Å². The molecule has 1 aliphatic rings. The molecule has 2 heterocycles. The number of benzene rings is 2. The SMILES string of the molecule is CCOc1cc(OC(C)C)c(F)c(N(Cc2cccc(N3CCCC3)n2)c2ccc(C(=N)N)cc2)c1. The minimum atomic E-state index is -0.474. The van der Waals surface area contributed by atoms with Crippen molar-refractivity contribution < 1.29 is 13.9 Å². The number of hydrogen-bond acceptors (Lipinski definition) is 6. The van der Waals surface area contributed by atoms with E-state index in [1.165, 1.54) is 0 Å². The third-order valence-corrected chi connectivity index (χ3v) is 5.99. The number of ether oxygens (including phenoxy) is 2. The third kappa shape index (κ3) is 5.87. The molecule has 0 atom stereocenters. The molecule has 36 heavy (non-hydrogen) atoms. The Hall–Kier alpha value is -3.81. The van der Waals surface area contributed by atoms with Crippen molar-refractivity contribution in [2.75, 3.05) is 29.5 Å². The van der Waals surface area contributed by atoms with E-state index in [9.17, 15) is 0 Å². The van der Waals surface area contributed by atoms with Crippen LogP contribution in [0.4, 0.5) is 21.6 Å². The monoisotopic (exact) mass is 491 g/mol. The molecule has 190 valence electrons. The molecule has 0 radical (unpaired) electrons. The largest absolute Gasteiger partial charge is 0.494 e. The molecule has 8 heteroatoms. The smallest absolute Gasteiger partial charge is 0.188 e. The number of nitrogen functional groups attached to an aromatic ring is 1. The zero-order valence-electron chi connectivity index (χ0n) is 21.1. The van der Waals surface area contributed by atoms with Gasteiger partial charge < -0.3 is 25.0 Å². The van der Waals surface area contributed by atoms with E-state index in [-0.39, 0.29) is 17.7 Å². The van der Waals surface area contributed by atoms with Crippen molar-refractivity contribution in [1.29, 1.82) is 5.41 Å². The van der Waals surface area contributed by atoms with Gasteiger partial charge in [0.2, 0.25) is 0 Å². The first-order chi connectivity index (χ1) is 17.4. The highest BCUT2D eigenvalue weighted by Crippen LogP contribution is 2.38. The van der Waals surface area contributed by atoms with E-state index in [1.807, 2.05) is 56.0 Å². The lowest BCUT2D eigenvalue weighted by Gasteiger charge is -2.27. The lowest BCUT2D eigenvalue weighted by atomic mass is 10.1. The summed E-state index contributed by atoms with van der Waals surface area (Å²) in [5.74, 6) is 1.09. The van der Waals surface area contributed by atoms with Gasteiger partial charge >= 0.3 is 0 Å². The second-order valence-electron chi connectivity index (χ2n) is 9.08. The average molecular weight is 492 g/mol. The van der Waals surface area contributed by atoms with Crippen LogP contribution in [0.25, 0.3) is 0 Å². The number of hydrogen-bond donors (Lipinski definition) is 2. The van der Waals surface area contributed by atoms with Crippen molar-refractivity contribution in [2.45, 2.75) is 46.3 Å². The fraction of sp³-hybridized carbons (Fsp3) is 0.357. The molecule has 0 amide bonds. The molecular weight excluding hydrogens is 457 g/mol. The lowest BCUT2D eigenvalue weighted by molar-refractivity contribution is 0.229. The Morgan fingerprint density at radius 3 is 2.50 bits per heavy atom. The molecule has 1 fully saturated rings. The molecule has 0 unspecified atom stereocenters. The van der Waals surface area contributed by atoms with E-state index in [4.69, 9.17) is 25.6 Å². The first-order valence-electron chi connectivity index (χ1n) is 12.4. The van der Waals surface area contributed by atoms with E-state index in [2.05, 4.69) is 4.90 Å². The van der Waals surface area contributed by atoms with E-state index in [0.717, 1.165) is 43.1 Å². The average Bonchev–Trinajstić information content (AvgIpc) is 3.40. The number of anilines is 3. The molecule has 2 aromatic carbocycles. The van der Waals surface area contributed by atoms with Crippen LogP contribution in [0.15, 0.2) is 54.6 Å². The minimum absolute atomic E-state index is 0.0229. The highest BCUT2D eigenvalue weighted by Gasteiger charge is 2.22. The van der Waals surface area contributed by atoms with Gasteiger partial charge in [0, 0.05) is 36.5 Å². The fourth-order valence-electron chi connectivity index (χ4n) is 4.32. The summed E-state index contributed by atoms with van der Waals surface area (Å²) in [5.41, 5.74) is 8.11. The van der Waals surface area contributed by atoms with Crippen LogP contribution in [0.1, 0.15) is 44.9 Å².